The Kier molecular flexibility index (Phi) is 4.60. The molecular weight excluding hydrogens is 248 g/mol. The van der Waals surface area contributed by atoms with Crippen LogP contribution in [0.1, 0.15) is 70.6 Å². The number of rotatable bonds is 5. The molecule has 1 aliphatic heterocycles. The molecule has 20 heavy (non-hydrogen) atoms. The van der Waals surface area contributed by atoms with Gasteiger partial charge in [-0.1, -0.05) is 32.3 Å². The van der Waals surface area contributed by atoms with Crippen LogP contribution < -0.4 is 0 Å². The van der Waals surface area contributed by atoms with E-state index in [4.69, 9.17) is 4.74 Å². The minimum Gasteiger partial charge on any atom is -0.370 e. The lowest BCUT2D eigenvalue weighted by molar-refractivity contribution is -0.123. The van der Waals surface area contributed by atoms with Crippen molar-refractivity contribution in [2.24, 2.45) is 11.8 Å². The fourth-order valence-electron chi connectivity index (χ4n) is 4.33. The molecule has 3 rings (SSSR count). The molecule has 1 heterocycles. The summed E-state index contributed by atoms with van der Waals surface area (Å²) in [4.78, 5) is 12.2. The van der Waals surface area contributed by atoms with E-state index in [0.717, 1.165) is 31.6 Å². The van der Waals surface area contributed by atoms with Crippen molar-refractivity contribution in [3.05, 3.63) is 12.2 Å². The Morgan fingerprint density at radius 2 is 1.80 bits per heavy atom. The highest BCUT2D eigenvalue weighted by Crippen LogP contribution is 2.41. The second-order valence-electron chi connectivity index (χ2n) is 7.05. The van der Waals surface area contributed by atoms with E-state index in [1.165, 1.54) is 44.1 Å². The van der Waals surface area contributed by atoms with Crippen LogP contribution in [0.3, 0.4) is 0 Å². The zero-order valence-electron chi connectivity index (χ0n) is 12.6. The predicted octanol–water partition coefficient (Wildman–Crippen LogP) is 4.43. The third-order valence-electron chi connectivity index (χ3n) is 5.65. The third kappa shape index (κ3) is 3.16. The van der Waals surface area contributed by atoms with Crippen molar-refractivity contribution in [2.45, 2.75) is 82.8 Å². The van der Waals surface area contributed by atoms with E-state index >= 15 is 0 Å². The molecule has 3 atom stereocenters. The van der Waals surface area contributed by atoms with Crippen LogP contribution in [0.5, 0.6) is 0 Å². The molecule has 112 valence electrons. The zero-order chi connectivity index (χ0) is 13.9. The zero-order valence-corrected chi connectivity index (χ0v) is 12.6. The van der Waals surface area contributed by atoms with Crippen molar-refractivity contribution in [2.75, 3.05) is 0 Å². The first kappa shape index (κ1) is 14.3. The molecule has 3 fully saturated rings. The maximum atomic E-state index is 12.2. The van der Waals surface area contributed by atoms with Crippen LogP contribution in [-0.4, -0.2) is 18.0 Å². The van der Waals surface area contributed by atoms with Crippen molar-refractivity contribution in [1.29, 1.82) is 0 Å². The van der Waals surface area contributed by atoms with Crippen LogP contribution in [0.2, 0.25) is 0 Å². The van der Waals surface area contributed by atoms with E-state index in [2.05, 4.69) is 6.58 Å². The summed E-state index contributed by atoms with van der Waals surface area (Å²) >= 11 is 0. The highest BCUT2D eigenvalue weighted by Gasteiger charge is 2.39. The number of carbonyl (C=O) groups excluding carboxylic acids is 1. The number of carbonyl (C=O) groups is 1. The van der Waals surface area contributed by atoms with E-state index in [-0.39, 0.29) is 6.10 Å². The van der Waals surface area contributed by atoms with Gasteiger partial charge in [0.2, 0.25) is 0 Å². The van der Waals surface area contributed by atoms with Crippen LogP contribution >= 0.6 is 0 Å². The predicted molar refractivity (Wildman–Crippen MR) is 80.6 cm³/mol. The van der Waals surface area contributed by atoms with Gasteiger partial charge in [0.25, 0.3) is 0 Å². The first-order chi connectivity index (χ1) is 9.74. The summed E-state index contributed by atoms with van der Waals surface area (Å²) in [6.45, 7) is 4.20. The van der Waals surface area contributed by atoms with Crippen molar-refractivity contribution >= 4 is 5.78 Å². The highest BCUT2D eigenvalue weighted by atomic mass is 16.5. The lowest BCUT2D eigenvalue weighted by atomic mass is 9.84. The normalized spacial score (nSPS) is 34.1. The second kappa shape index (κ2) is 6.43. The maximum absolute atomic E-state index is 12.2. The maximum Gasteiger partial charge on any atom is 0.136 e. The van der Waals surface area contributed by atoms with E-state index in [1.807, 2.05) is 0 Å². The summed E-state index contributed by atoms with van der Waals surface area (Å²) in [6.07, 6.45) is 13.4. The van der Waals surface area contributed by atoms with Gasteiger partial charge >= 0.3 is 0 Å². The van der Waals surface area contributed by atoms with Gasteiger partial charge in [-0.15, -0.1) is 0 Å². The van der Waals surface area contributed by atoms with E-state index in [1.54, 1.807) is 0 Å². The van der Waals surface area contributed by atoms with Gasteiger partial charge in [0.15, 0.2) is 0 Å². The fourth-order valence-corrected chi connectivity index (χ4v) is 4.33. The van der Waals surface area contributed by atoms with Crippen LogP contribution in [0, 0.1) is 11.8 Å². The molecular formula is C18H28O2. The van der Waals surface area contributed by atoms with Crippen molar-refractivity contribution < 1.29 is 9.53 Å². The number of Topliss-reactive ketones (excluding diaryl/α,β-unsaturated/α-hetero) is 1. The number of fused-ring (bicyclic) bond motifs is 1. The lowest BCUT2D eigenvalue weighted by Gasteiger charge is -2.21. The Balaban J connectivity index is 1.41. The van der Waals surface area contributed by atoms with Crippen LogP contribution in [0.25, 0.3) is 0 Å². The molecule has 1 saturated heterocycles. The molecule has 0 amide bonds. The number of ketones is 1. The van der Waals surface area contributed by atoms with Gasteiger partial charge in [0.05, 0.1) is 12.2 Å². The van der Waals surface area contributed by atoms with Gasteiger partial charge in [0, 0.05) is 12.3 Å². The summed E-state index contributed by atoms with van der Waals surface area (Å²) in [5.41, 5.74) is 1.17. The topological polar surface area (TPSA) is 26.3 Å². The summed E-state index contributed by atoms with van der Waals surface area (Å²) < 4.78 is 6.11. The molecule has 0 N–H and O–H groups in total. The largest absolute Gasteiger partial charge is 0.370 e. The SMILES string of the molecule is C=C(CCC(=O)C1CCCCC1)C1C[C@H]2CCC[C@H]2O1. The Hall–Kier alpha value is -0.630. The first-order valence-corrected chi connectivity index (χ1v) is 8.60. The molecule has 1 unspecified atom stereocenters. The van der Waals surface area contributed by atoms with Gasteiger partial charge in [0.1, 0.15) is 5.78 Å². The smallest absolute Gasteiger partial charge is 0.136 e. The molecule has 2 aliphatic carbocycles. The molecule has 2 saturated carbocycles. The second-order valence-corrected chi connectivity index (χ2v) is 7.05. The highest BCUT2D eigenvalue weighted by molar-refractivity contribution is 5.81. The third-order valence-corrected chi connectivity index (χ3v) is 5.65. The van der Waals surface area contributed by atoms with Gasteiger partial charge < -0.3 is 4.74 Å². The standard InChI is InChI=1S/C18H28O2/c1-13(18-12-15-8-5-9-17(15)20-18)10-11-16(19)14-6-3-2-4-7-14/h14-15,17-18H,1-12H2/t15-,17-,18?/m1/s1. The number of hydrogen-bond acceptors (Lipinski definition) is 2. The Bertz CT molecular complexity index is 356. The number of ether oxygens (including phenoxy) is 1. The summed E-state index contributed by atoms with van der Waals surface area (Å²) in [6, 6.07) is 0. The summed E-state index contributed by atoms with van der Waals surface area (Å²) in [7, 11) is 0. The summed E-state index contributed by atoms with van der Waals surface area (Å²) in [5, 5.41) is 0. The molecule has 0 aromatic heterocycles. The van der Waals surface area contributed by atoms with Gasteiger partial charge in [-0.2, -0.15) is 0 Å². The molecule has 0 spiro atoms. The molecule has 0 aromatic carbocycles. The average Bonchev–Trinajstić information content (AvgIpc) is 3.06. The molecule has 2 nitrogen and oxygen atoms in total. The van der Waals surface area contributed by atoms with Crippen LogP contribution in [-0.2, 0) is 9.53 Å². The minimum atomic E-state index is 0.240. The minimum absolute atomic E-state index is 0.240. The van der Waals surface area contributed by atoms with Crippen LogP contribution in [0.4, 0.5) is 0 Å². The molecule has 0 bridgehead atoms. The average molecular weight is 276 g/mol. The lowest BCUT2D eigenvalue weighted by Crippen LogP contribution is -2.19. The van der Waals surface area contributed by atoms with Crippen molar-refractivity contribution in [1.82, 2.24) is 0 Å². The Labute approximate surface area is 123 Å². The van der Waals surface area contributed by atoms with Crippen molar-refractivity contribution in [3.8, 4) is 0 Å². The Morgan fingerprint density at radius 3 is 2.55 bits per heavy atom. The summed E-state index contributed by atoms with van der Waals surface area (Å²) in [5.74, 6) is 1.59. The first-order valence-electron chi connectivity index (χ1n) is 8.60. The van der Waals surface area contributed by atoms with E-state index < -0.39 is 0 Å². The monoisotopic (exact) mass is 276 g/mol. The van der Waals surface area contributed by atoms with Gasteiger partial charge in [-0.25, -0.2) is 0 Å². The van der Waals surface area contributed by atoms with Gasteiger partial charge in [-0.3, -0.25) is 4.79 Å². The van der Waals surface area contributed by atoms with Gasteiger partial charge in [-0.05, 0) is 50.0 Å². The quantitative estimate of drug-likeness (QED) is 0.694. The van der Waals surface area contributed by atoms with Crippen LogP contribution in [0.15, 0.2) is 12.2 Å². The van der Waals surface area contributed by atoms with Crippen molar-refractivity contribution in [3.63, 3.8) is 0 Å². The Morgan fingerprint density at radius 1 is 1.00 bits per heavy atom. The molecule has 3 aliphatic rings. The fraction of sp³-hybridized carbons (Fsp3) is 0.833. The van der Waals surface area contributed by atoms with E-state index in [9.17, 15) is 4.79 Å². The molecule has 2 heteroatoms. The molecule has 0 radical (unpaired) electrons. The number of hydrogen-bond donors (Lipinski definition) is 0. The molecule has 0 aromatic rings. The van der Waals surface area contributed by atoms with E-state index in [0.29, 0.717) is 24.2 Å².